The van der Waals surface area contributed by atoms with Gasteiger partial charge in [0.15, 0.2) is 0 Å². The topological polar surface area (TPSA) is 47.0 Å². The van der Waals surface area contributed by atoms with Gasteiger partial charge in [0.1, 0.15) is 17.3 Å². The second-order valence-corrected chi connectivity index (χ2v) is 17.8. The van der Waals surface area contributed by atoms with Gasteiger partial charge in [-0.15, -0.1) is 23.3 Å². The Kier molecular flexibility index (Phi) is 9.98. The molecular formula is C49H53N3O2Pt. The van der Waals surface area contributed by atoms with Gasteiger partial charge in [-0.05, 0) is 111 Å². The van der Waals surface area contributed by atoms with Gasteiger partial charge < -0.3 is 14.4 Å². The first-order valence-corrected chi connectivity index (χ1v) is 19.6. The first kappa shape index (κ1) is 39.0. The molecule has 55 heavy (non-hydrogen) atoms. The Hall–Kier alpha value is -4.21. The third kappa shape index (κ3) is 6.96. The SMILES string of the molecule is Cc1cc(C)c(-c2cc(Oc3[c-]c4c(cc3C)C(C)(C)c3cc(C)ccc3N4c3cc(C(C)(C)C)ccn3)[c-]c(C3=N[C@@H]4CCCC[C@]4(C)O3)c2)c(C)c1.[Pt+2]. The summed E-state index contributed by atoms with van der Waals surface area (Å²) in [6, 6.07) is 29.7. The molecule has 6 heteroatoms. The number of aryl methyl sites for hydroxylation is 5. The summed E-state index contributed by atoms with van der Waals surface area (Å²) < 4.78 is 13.7. The van der Waals surface area contributed by atoms with Gasteiger partial charge in [-0.1, -0.05) is 112 Å². The van der Waals surface area contributed by atoms with Gasteiger partial charge in [-0.3, -0.25) is 4.99 Å². The summed E-state index contributed by atoms with van der Waals surface area (Å²) in [5, 5.41) is 0. The molecule has 0 amide bonds. The molecule has 1 aromatic heterocycles. The number of hydrogen-bond acceptors (Lipinski definition) is 5. The van der Waals surface area contributed by atoms with Crippen molar-refractivity contribution in [3.63, 3.8) is 0 Å². The molecule has 0 saturated heterocycles. The molecule has 3 heterocycles. The molecule has 1 saturated carbocycles. The van der Waals surface area contributed by atoms with Crippen molar-refractivity contribution in [2.45, 2.75) is 124 Å². The van der Waals surface area contributed by atoms with Gasteiger partial charge in [-0.25, -0.2) is 4.98 Å². The largest absolute Gasteiger partial charge is 2.00 e. The summed E-state index contributed by atoms with van der Waals surface area (Å²) in [5.74, 6) is 2.79. The zero-order valence-corrected chi connectivity index (χ0v) is 36.5. The van der Waals surface area contributed by atoms with Gasteiger partial charge >= 0.3 is 21.1 Å². The van der Waals surface area contributed by atoms with E-state index >= 15 is 0 Å². The van der Waals surface area contributed by atoms with Crippen molar-refractivity contribution in [2.75, 3.05) is 4.90 Å². The molecule has 5 nitrogen and oxygen atoms in total. The number of anilines is 3. The van der Waals surface area contributed by atoms with Gasteiger partial charge in [0.2, 0.25) is 0 Å². The number of hydrogen-bond donors (Lipinski definition) is 0. The molecule has 1 aliphatic carbocycles. The molecule has 5 aromatic rings. The summed E-state index contributed by atoms with van der Waals surface area (Å²) >= 11 is 0. The van der Waals surface area contributed by atoms with Crippen LogP contribution in [0.5, 0.6) is 11.5 Å². The molecule has 0 unspecified atom stereocenters. The maximum atomic E-state index is 6.95. The third-order valence-corrected chi connectivity index (χ3v) is 12.0. The van der Waals surface area contributed by atoms with E-state index in [1.165, 1.54) is 50.9 Å². The van der Waals surface area contributed by atoms with E-state index in [9.17, 15) is 0 Å². The van der Waals surface area contributed by atoms with Crippen LogP contribution in [0.3, 0.4) is 0 Å². The monoisotopic (exact) mass is 910 g/mol. The zero-order chi connectivity index (χ0) is 38.3. The van der Waals surface area contributed by atoms with Gasteiger partial charge in [0, 0.05) is 23.4 Å². The van der Waals surface area contributed by atoms with Crippen LogP contribution in [-0.2, 0) is 36.6 Å². The number of aliphatic imine (C=N–C) groups is 1. The summed E-state index contributed by atoms with van der Waals surface area (Å²) in [5.41, 5.74) is 14.1. The Morgan fingerprint density at radius 3 is 2.27 bits per heavy atom. The second-order valence-electron chi connectivity index (χ2n) is 17.8. The van der Waals surface area contributed by atoms with Crippen LogP contribution in [0.25, 0.3) is 11.1 Å². The second kappa shape index (κ2) is 14.1. The Bertz CT molecular complexity index is 2330. The van der Waals surface area contributed by atoms with Gasteiger partial charge in [-0.2, -0.15) is 6.07 Å². The van der Waals surface area contributed by atoms with Crippen molar-refractivity contribution < 1.29 is 30.5 Å². The number of nitrogens with zero attached hydrogens (tertiary/aromatic N) is 3. The molecule has 0 bridgehead atoms. The summed E-state index contributed by atoms with van der Waals surface area (Å²) in [6.07, 6.45) is 6.33. The Balaban J connectivity index is 0.00000465. The van der Waals surface area contributed by atoms with E-state index in [0.29, 0.717) is 17.4 Å². The molecule has 286 valence electrons. The Morgan fingerprint density at radius 2 is 1.56 bits per heavy atom. The van der Waals surface area contributed by atoms with Crippen LogP contribution in [0.4, 0.5) is 17.2 Å². The third-order valence-electron chi connectivity index (χ3n) is 12.0. The number of rotatable bonds is 5. The van der Waals surface area contributed by atoms with Crippen LogP contribution >= 0.6 is 0 Å². The number of benzene rings is 4. The van der Waals surface area contributed by atoms with E-state index in [2.05, 4.69) is 154 Å². The quantitative estimate of drug-likeness (QED) is 0.165. The smallest absolute Gasteiger partial charge is 0.512 e. The first-order valence-electron chi connectivity index (χ1n) is 19.6. The molecule has 4 aromatic carbocycles. The number of ether oxygens (including phenoxy) is 2. The maximum Gasteiger partial charge on any atom is 2.00 e. The molecule has 2 atom stereocenters. The average Bonchev–Trinajstić information content (AvgIpc) is 3.46. The molecule has 3 aliphatic rings. The van der Waals surface area contributed by atoms with Gasteiger partial charge in [0.05, 0.1) is 6.04 Å². The Labute approximate surface area is 342 Å². The van der Waals surface area contributed by atoms with Crippen LogP contribution < -0.4 is 9.64 Å². The maximum absolute atomic E-state index is 6.95. The van der Waals surface area contributed by atoms with Crippen molar-refractivity contribution in [3.8, 4) is 22.6 Å². The molecule has 2 aliphatic heterocycles. The van der Waals surface area contributed by atoms with Crippen molar-refractivity contribution in [1.29, 1.82) is 0 Å². The zero-order valence-electron chi connectivity index (χ0n) is 34.2. The molecular weight excluding hydrogens is 858 g/mol. The van der Waals surface area contributed by atoms with Crippen molar-refractivity contribution >= 4 is 23.1 Å². The fourth-order valence-electron chi connectivity index (χ4n) is 8.96. The minimum atomic E-state index is -0.279. The average molecular weight is 911 g/mol. The van der Waals surface area contributed by atoms with Crippen molar-refractivity contribution in [2.24, 2.45) is 4.99 Å². The van der Waals surface area contributed by atoms with Crippen LogP contribution in [0, 0.1) is 46.8 Å². The van der Waals surface area contributed by atoms with E-state index in [4.69, 9.17) is 19.5 Å². The standard InChI is InChI=1S/C49H53N3O2.Pt/c1-29-15-16-40-38(22-29)48(9,10)39-23-31(3)42(28-41(39)52(40)44-27-36(17-19-50-44)47(6,7)8)53-37-25-34(45-32(4)20-30(2)21-33(45)5)24-35(26-37)46-51-43-14-12-13-18-49(43,11)54-46;/h15-17,19-25,27,43H,12-14,18H2,1-11H3;/q-2;+2/t43-,49+;/m1./s1. The Morgan fingerprint density at radius 1 is 0.818 bits per heavy atom. The fraction of sp³-hybridized carbons (Fsp3) is 0.388. The van der Waals surface area contributed by atoms with Crippen molar-refractivity contribution in [1.82, 2.24) is 4.98 Å². The predicted octanol–water partition coefficient (Wildman–Crippen LogP) is 12.6. The minimum Gasteiger partial charge on any atom is -0.512 e. The molecule has 0 N–H and O–H groups in total. The van der Waals surface area contributed by atoms with E-state index < -0.39 is 0 Å². The molecule has 0 radical (unpaired) electrons. The molecule has 0 spiro atoms. The van der Waals surface area contributed by atoms with E-state index in [1.54, 1.807) is 0 Å². The number of aromatic nitrogens is 1. The fourth-order valence-corrected chi connectivity index (χ4v) is 8.96. The van der Waals surface area contributed by atoms with Crippen LogP contribution in [0.1, 0.15) is 117 Å². The summed E-state index contributed by atoms with van der Waals surface area (Å²) in [6.45, 7) is 24.4. The summed E-state index contributed by atoms with van der Waals surface area (Å²) in [4.78, 5) is 12.4. The van der Waals surface area contributed by atoms with Crippen LogP contribution in [-0.4, -0.2) is 22.5 Å². The number of pyridine rings is 1. The first-order chi connectivity index (χ1) is 25.5. The van der Waals surface area contributed by atoms with Crippen LogP contribution in [0.15, 0.2) is 71.9 Å². The summed E-state index contributed by atoms with van der Waals surface area (Å²) in [7, 11) is 0. The van der Waals surface area contributed by atoms with E-state index in [1.807, 2.05) is 6.20 Å². The van der Waals surface area contributed by atoms with Crippen molar-refractivity contribution in [3.05, 3.63) is 129 Å². The normalized spacial score (nSPS) is 19.7. The number of fused-ring (bicyclic) bond motifs is 3. The van der Waals surface area contributed by atoms with Crippen LogP contribution in [0.2, 0.25) is 0 Å². The van der Waals surface area contributed by atoms with E-state index in [-0.39, 0.29) is 43.5 Å². The molecule has 8 rings (SSSR count). The van der Waals surface area contributed by atoms with Gasteiger partial charge in [0.25, 0.3) is 0 Å². The van der Waals surface area contributed by atoms with E-state index in [0.717, 1.165) is 53.1 Å². The minimum absolute atomic E-state index is 0. The molecule has 1 fully saturated rings. The predicted molar refractivity (Wildman–Crippen MR) is 221 cm³/mol.